The summed E-state index contributed by atoms with van der Waals surface area (Å²) < 4.78 is 0. The van der Waals surface area contributed by atoms with Crippen LogP contribution < -0.4 is 5.32 Å². The monoisotopic (exact) mass is 254 g/mol. The maximum Gasteiger partial charge on any atom is 0.0434 e. The van der Waals surface area contributed by atoms with Crippen LogP contribution in [0.3, 0.4) is 0 Å². The number of rotatable bonds is 6. The standard InChI is InChI=1S/C15H30N2O/c1-2-8-17-11-13(7-9-18)10-15(12-17)16-14-5-3-4-6-14/h13-16,18H,2-12H2,1H3. The summed E-state index contributed by atoms with van der Waals surface area (Å²) in [5.74, 6) is 0.689. The van der Waals surface area contributed by atoms with Crippen LogP contribution in [0, 0.1) is 5.92 Å². The topological polar surface area (TPSA) is 35.5 Å². The van der Waals surface area contributed by atoms with Gasteiger partial charge in [0.25, 0.3) is 0 Å². The Morgan fingerprint density at radius 3 is 2.61 bits per heavy atom. The van der Waals surface area contributed by atoms with E-state index in [4.69, 9.17) is 5.11 Å². The predicted molar refractivity (Wildman–Crippen MR) is 75.7 cm³/mol. The van der Waals surface area contributed by atoms with Gasteiger partial charge < -0.3 is 15.3 Å². The summed E-state index contributed by atoms with van der Waals surface area (Å²) in [4.78, 5) is 2.59. The van der Waals surface area contributed by atoms with Crippen LogP contribution >= 0.6 is 0 Å². The second kappa shape index (κ2) is 7.46. The Balaban J connectivity index is 1.83. The summed E-state index contributed by atoms with van der Waals surface area (Å²) in [6, 6.07) is 1.43. The fourth-order valence-corrected chi connectivity index (χ4v) is 3.74. The summed E-state index contributed by atoms with van der Waals surface area (Å²) in [6.45, 7) is 6.23. The molecule has 1 aliphatic heterocycles. The van der Waals surface area contributed by atoms with Crippen molar-refractivity contribution in [2.75, 3.05) is 26.2 Å². The van der Waals surface area contributed by atoms with Crippen molar-refractivity contribution in [3.63, 3.8) is 0 Å². The van der Waals surface area contributed by atoms with Gasteiger partial charge in [0.1, 0.15) is 0 Å². The van der Waals surface area contributed by atoms with Crippen LogP contribution in [0.2, 0.25) is 0 Å². The van der Waals surface area contributed by atoms with Gasteiger partial charge in [0.2, 0.25) is 0 Å². The van der Waals surface area contributed by atoms with Crippen LogP contribution in [0.25, 0.3) is 0 Å². The van der Waals surface area contributed by atoms with E-state index < -0.39 is 0 Å². The van der Waals surface area contributed by atoms with Gasteiger partial charge in [-0.25, -0.2) is 0 Å². The van der Waals surface area contributed by atoms with Crippen molar-refractivity contribution in [1.82, 2.24) is 10.2 Å². The highest BCUT2D eigenvalue weighted by atomic mass is 16.3. The van der Waals surface area contributed by atoms with Gasteiger partial charge in [-0.05, 0) is 44.6 Å². The average Bonchev–Trinajstić information content (AvgIpc) is 2.82. The van der Waals surface area contributed by atoms with E-state index in [1.54, 1.807) is 0 Å². The van der Waals surface area contributed by atoms with Gasteiger partial charge in [0, 0.05) is 31.8 Å². The number of aliphatic hydroxyl groups excluding tert-OH is 1. The molecule has 0 bridgehead atoms. The highest BCUT2D eigenvalue weighted by molar-refractivity contribution is 4.87. The molecule has 3 nitrogen and oxygen atoms in total. The third-order valence-electron chi connectivity index (χ3n) is 4.52. The SMILES string of the molecule is CCCN1CC(CCO)CC(NC2CCCC2)C1. The zero-order valence-corrected chi connectivity index (χ0v) is 11.9. The van der Waals surface area contributed by atoms with Crippen molar-refractivity contribution in [2.24, 2.45) is 5.92 Å². The molecule has 2 rings (SSSR count). The second-order valence-corrected chi connectivity index (χ2v) is 6.22. The summed E-state index contributed by atoms with van der Waals surface area (Å²) >= 11 is 0. The lowest BCUT2D eigenvalue weighted by molar-refractivity contribution is 0.116. The van der Waals surface area contributed by atoms with Gasteiger partial charge in [0.05, 0.1) is 0 Å². The summed E-state index contributed by atoms with van der Waals surface area (Å²) in [7, 11) is 0. The molecule has 18 heavy (non-hydrogen) atoms. The summed E-state index contributed by atoms with van der Waals surface area (Å²) in [5, 5.41) is 13.0. The molecule has 2 fully saturated rings. The Kier molecular flexibility index (Phi) is 5.93. The van der Waals surface area contributed by atoms with Gasteiger partial charge in [-0.3, -0.25) is 0 Å². The predicted octanol–water partition coefficient (Wildman–Crippen LogP) is 2.00. The maximum atomic E-state index is 9.17. The minimum atomic E-state index is 0.348. The van der Waals surface area contributed by atoms with E-state index in [9.17, 15) is 0 Å². The number of hydrogen-bond donors (Lipinski definition) is 2. The highest BCUT2D eigenvalue weighted by Crippen LogP contribution is 2.23. The first-order valence-electron chi connectivity index (χ1n) is 7.91. The van der Waals surface area contributed by atoms with Crippen LogP contribution in [-0.4, -0.2) is 48.3 Å². The lowest BCUT2D eigenvalue weighted by atomic mass is 9.91. The Hall–Kier alpha value is -0.120. The number of aliphatic hydroxyl groups is 1. The molecular formula is C15H30N2O. The van der Waals surface area contributed by atoms with Crippen LogP contribution in [0.4, 0.5) is 0 Å². The van der Waals surface area contributed by atoms with E-state index in [1.807, 2.05) is 0 Å². The van der Waals surface area contributed by atoms with E-state index in [2.05, 4.69) is 17.1 Å². The van der Waals surface area contributed by atoms with E-state index in [-0.39, 0.29) is 0 Å². The molecule has 1 saturated heterocycles. The van der Waals surface area contributed by atoms with Gasteiger partial charge >= 0.3 is 0 Å². The Bertz CT molecular complexity index is 215. The molecule has 2 N–H and O–H groups in total. The molecule has 2 atom stereocenters. The van der Waals surface area contributed by atoms with E-state index in [1.165, 1.54) is 58.2 Å². The van der Waals surface area contributed by atoms with E-state index in [0.29, 0.717) is 18.6 Å². The Morgan fingerprint density at radius 1 is 1.17 bits per heavy atom. The Morgan fingerprint density at radius 2 is 1.94 bits per heavy atom. The number of likely N-dealkylation sites (tertiary alicyclic amines) is 1. The highest BCUT2D eigenvalue weighted by Gasteiger charge is 2.28. The third-order valence-corrected chi connectivity index (χ3v) is 4.52. The summed E-state index contributed by atoms with van der Waals surface area (Å²) in [6.07, 6.45) is 9.03. The minimum Gasteiger partial charge on any atom is -0.396 e. The van der Waals surface area contributed by atoms with E-state index in [0.717, 1.165) is 12.5 Å². The molecule has 0 spiro atoms. The zero-order valence-electron chi connectivity index (χ0n) is 11.9. The van der Waals surface area contributed by atoms with Crippen LogP contribution in [0.1, 0.15) is 51.9 Å². The van der Waals surface area contributed by atoms with Gasteiger partial charge in [-0.15, -0.1) is 0 Å². The summed E-state index contributed by atoms with van der Waals surface area (Å²) in [5.41, 5.74) is 0. The van der Waals surface area contributed by atoms with Crippen LogP contribution in [-0.2, 0) is 0 Å². The smallest absolute Gasteiger partial charge is 0.0434 e. The number of hydrogen-bond acceptors (Lipinski definition) is 3. The molecule has 0 amide bonds. The quantitative estimate of drug-likeness (QED) is 0.761. The molecule has 106 valence electrons. The molecule has 2 unspecified atom stereocenters. The molecule has 2 aliphatic rings. The fourth-order valence-electron chi connectivity index (χ4n) is 3.74. The van der Waals surface area contributed by atoms with Gasteiger partial charge in [0.15, 0.2) is 0 Å². The molecule has 1 saturated carbocycles. The molecule has 0 aromatic carbocycles. The largest absolute Gasteiger partial charge is 0.396 e. The number of nitrogens with zero attached hydrogens (tertiary/aromatic N) is 1. The first kappa shape index (κ1) is 14.3. The van der Waals surface area contributed by atoms with Gasteiger partial charge in [-0.1, -0.05) is 19.8 Å². The average molecular weight is 254 g/mol. The molecule has 1 aliphatic carbocycles. The minimum absolute atomic E-state index is 0.348. The van der Waals surface area contributed by atoms with Crippen molar-refractivity contribution in [3.8, 4) is 0 Å². The van der Waals surface area contributed by atoms with Crippen molar-refractivity contribution in [1.29, 1.82) is 0 Å². The van der Waals surface area contributed by atoms with Crippen molar-refractivity contribution < 1.29 is 5.11 Å². The van der Waals surface area contributed by atoms with Crippen molar-refractivity contribution in [2.45, 2.75) is 64.0 Å². The molecule has 1 heterocycles. The number of piperidine rings is 1. The normalized spacial score (nSPS) is 31.0. The van der Waals surface area contributed by atoms with Crippen LogP contribution in [0.5, 0.6) is 0 Å². The second-order valence-electron chi connectivity index (χ2n) is 6.22. The Labute approximate surface area is 112 Å². The van der Waals surface area contributed by atoms with Crippen molar-refractivity contribution in [3.05, 3.63) is 0 Å². The molecule has 0 radical (unpaired) electrons. The number of nitrogens with one attached hydrogen (secondary N) is 1. The van der Waals surface area contributed by atoms with E-state index >= 15 is 0 Å². The van der Waals surface area contributed by atoms with Crippen molar-refractivity contribution >= 4 is 0 Å². The molecule has 0 aromatic heterocycles. The molecule has 3 heteroatoms. The lowest BCUT2D eigenvalue weighted by Gasteiger charge is -2.39. The fraction of sp³-hybridized carbons (Fsp3) is 1.00. The lowest BCUT2D eigenvalue weighted by Crippen LogP contribution is -2.51. The maximum absolute atomic E-state index is 9.17. The zero-order chi connectivity index (χ0) is 12.8. The molecular weight excluding hydrogens is 224 g/mol. The first-order valence-corrected chi connectivity index (χ1v) is 7.91. The molecule has 0 aromatic rings. The first-order chi connectivity index (χ1) is 8.81. The van der Waals surface area contributed by atoms with Gasteiger partial charge in [-0.2, -0.15) is 0 Å². The van der Waals surface area contributed by atoms with Crippen LogP contribution in [0.15, 0.2) is 0 Å². The third kappa shape index (κ3) is 4.22.